The SMILES string of the molecule is CCOC(=O)C1=C(c2ccccc2)N=c2s/c(=C\c3cc(I)cc(I)c3OCC#N)c(=O)n2[C@@H]1c1ccccc1. The highest BCUT2D eigenvalue weighted by molar-refractivity contribution is 14.1. The van der Waals surface area contributed by atoms with Gasteiger partial charge in [0.05, 0.1) is 32.0 Å². The van der Waals surface area contributed by atoms with E-state index in [1.165, 1.54) is 11.3 Å². The highest BCUT2D eigenvalue weighted by atomic mass is 127. The predicted molar refractivity (Wildman–Crippen MR) is 170 cm³/mol. The fourth-order valence-electron chi connectivity index (χ4n) is 4.48. The summed E-state index contributed by atoms with van der Waals surface area (Å²) < 4.78 is 15.0. The number of esters is 1. The van der Waals surface area contributed by atoms with E-state index in [1.807, 2.05) is 78.9 Å². The first-order chi connectivity index (χ1) is 19.4. The number of nitrogens with zero attached hydrogens (tertiary/aromatic N) is 3. The second-order valence-corrected chi connectivity index (χ2v) is 12.0. The number of nitriles is 1. The summed E-state index contributed by atoms with van der Waals surface area (Å²) in [5.41, 5.74) is 2.70. The molecule has 0 fully saturated rings. The number of carbonyl (C=O) groups is 1. The molecule has 0 aliphatic carbocycles. The number of benzene rings is 3. The van der Waals surface area contributed by atoms with Crippen LogP contribution >= 0.6 is 56.5 Å². The molecule has 40 heavy (non-hydrogen) atoms. The van der Waals surface area contributed by atoms with Gasteiger partial charge in [0, 0.05) is 14.7 Å². The topological polar surface area (TPSA) is 93.7 Å². The maximum atomic E-state index is 14.1. The number of thiazole rings is 1. The molecule has 1 aromatic heterocycles. The van der Waals surface area contributed by atoms with Gasteiger partial charge in [-0.05, 0) is 75.9 Å². The largest absolute Gasteiger partial charge is 0.477 e. The van der Waals surface area contributed by atoms with Gasteiger partial charge in [-0.3, -0.25) is 9.36 Å². The zero-order chi connectivity index (χ0) is 28.2. The molecule has 1 aliphatic rings. The quantitative estimate of drug-likeness (QED) is 0.194. The van der Waals surface area contributed by atoms with Crippen LogP contribution in [0.3, 0.4) is 0 Å². The number of fused-ring (bicyclic) bond motifs is 1. The molecule has 1 aliphatic heterocycles. The first-order valence-corrected chi connectivity index (χ1v) is 15.2. The number of halogens is 2. The van der Waals surface area contributed by atoms with Gasteiger partial charge in [0.15, 0.2) is 11.4 Å². The molecule has 0 unspecified atom stereocenters. The molecule has 0 radical (unpaired) electrons. The fraction of sp³-hybridized carbons (Fsp3) is 0.133. The number of hydrogen-bond acceptors (Lipinski definition) is 7. The van der Waals surface area contributed by atoms with E-state index >= 15 is 0 Å². The molecule has 1 atom stereocenters. The van der Waals surface area contributed by atoms with Crippen molar-refractivity contribution in [1.29, 1.82) is 5.26 Å². The van der Waals surface area contributed by atoms with Crippen LogP contribution < -0.4 is 19.6 Å². The molecule has 3 aromatic carbocycles. The summed E-state index contributed by atoms with van der Waals surface area (Å²) >= 11 is 5.61. The van der Waals surface area contributed by atoms with Gasteiger partial charge in [-0.2, -0.15) is 5.26 Å². The maximum Gasteiger partial charge on any atom is 0.338 e. The monoisotopic (exact) mass is 773 g/mol. The van der Waals surface area contributed by atoms with Gasteiger partial charge < -0.3 is 9.47 Å². The predicted octanol–water partition coefficient (Wildman–Crippen LogP) is 5.05. The smallest absolute Gasteiger partial charge is 0.338 e. The third-order valence-corrected chi connectivity index (χ3v) is 8.50. The molecule has 0 N–H and O–H groups in total. The van der Waals surface area contributed by atoms with Gasteiger partial charge in [-0.25, -0.2) is 9.79 Å². The minimum absolute atomic E-state index is 0.115. The van der Waals surface area contributed by atoms with Crippen molar-refractivity contribution in [2.45, 2.75) is 13.0 Å². The van der Waals surface area contributed by atoms with Crippen LogP contribution in [0.4, 0.5) is 0 Å². The van der Waals surface area contributed by atoms with Crippen LogP contribution in [0.15, 0.2) is 88.2 Å². The van der Waals surface area contributed by atoms with Crippen molar-refractivity contribution in [3.63, 3.8) is 0 Å². The zero-order valence-corrected chi connectivity index (χ0v) is 26.3. The summed E-state index contributed by atoms with van der Waals surface area (Å²) in [5.74, 6) is 0.0118. The Morgan fingerprint density at radius 1 is 1.12 bits per heavy atom. The lowest BCUT2D eigenvalue weighted by Gasteiger charge is -2.25. The Kier molecular flexibility index (Phi) is 8.82. The average molecular weight is 773 g/mol. The Bertz CT molecular complexity index is 1840. The van der Waals surface area contributed by atoms with Gasteiger partial charge in [0.25, 0.3) is 5.56 Å². The Morgan fingerprint density at radius 3 is 2.50 bits per heavy atom. The van der Waals surface area contributed by atoms with E-state index in [0.717, 1.165) is 18.3 Å². The molecular formula is C30H21I2N3O4S. The van der Waals surface area contributed by atoms with Crippen molar-refractivity contribution in [2.75, 3.05) is 13.2 Å². The van der Waals surface area contributed by atoms with E-state index < -0.39 is 12.0 Å². The van der Waals surface area contributed by atoms with E-state index in [2.05, 4.69) is 45.2 Å². The molecule has 0 amide bonds. The highest BCUT2D eigenvalue weighted by Gasteiger charge is 2.35. The van der Waals surface area contributed by atoms with Crippen LogP contribution in [-0.4, -0.2) is 23.8 Å². The van der Waals surface area contributed by atoms with Crippen LogP contribution in [0.2, 0.25) is 0 Å². The highest BCUT2D eigenvalue weighted by Crippen LogP contribution is 2.35. The zero-order valence-electron chi connectivity index (χ0n) is 21.1. The molecule has 0 bridgehead atoms. The maximum absolute atomic E-state index is 14.1. The van der Waals surface area contributed by atoms with Crippen LogP contribution in [0, 0.1) is 18.5 Å². The fourth-order valence-corrected chi connectivity index (χ4v) is 7.51. The van der Waals surface area contributed by atoms with Crippen molar-refractivity contribution in [3.05, 3.63) is 122 Å². The van der Waals surface area contributed by atoms with Gasteiger partial charge in [0.2, 0.25) is 0 Å². The summed E-state index contributed by atoms with van der Waals surface area (Å²) in [4.78, 5) is 32.9. The number of aromatic nitrogens is 1. The third-order valence-electron chi connectivity index (χ3n) is 6.09. The van der Waals surface area contributed by atoms with E-state index in [4.69, 9.17) is 19.7 Å². The van der Waals surface area contributed by atoms with Gasteiger partial charge in [-0.15, -0.1) is 0 Å². The number of carbonyl (C=O) groups excluding carboxylic acids is 1. The summed E-state index contributed by atoms with van der Waals surface area (Å²) in [6.07, 6.45) is 1.76. The molecule has 2 heterocycles. The van der Waals surface area contributed by atoms with Gasteiger partial charge >= 0.3 is 5.97 Å². The molecule has 4 aromatic rings. The van der Waals surface area contributed by atoms with Crippen molar-refractivity contribution in [3.8, 4) is 11.8 Å². The summed E-state index contributed by atoms with van der Waals surface area (Å²) in [6, 6.07) is 24.0. The van der Waals surface area contributed by atoms with Crippen LogP contribution in [-0.2, 0) is 9.53 Å². The molecule has 0 saturated carbocycles. The van der Waals surface area contributed by atoms with Crippen molar-refractivity contribution < 1.29 is 14.3 Å². The van der Waals surface area contributed by atoms with E-state index in [-0.39, 0.29) is 18.8 Å². The molecule has 7 nitrogen and oxygen atoms in total. The second-order valence-electron chi connectivity index (χ2n) is 8.59. The van der Waals surface area contributed by atoms with Crippen LogP contribution in [0.1, 0.15) is 29.7 Å². The van der Waals surface area contributed by atoms with Gasteiger partial charge in [0.1, 0.15) is 11.8 Å². The number of rotatable bonds is 7. The Morgan fingerprint density at radius 2 is 1.82 bits per heavy atom. The molecular weight excluding hydrogens is 752 g/mol. The minimum atomic E-state index is -0.737. The Balaban J connectivity index is 1.82. The molecule has 200 valence electrons. The number of ether oxygens (including phenoxy) is 2. The molecule has 0 saturated heterocycles. The summed E-state index contributed by atoms with van der Waals surface area (Å²) in [6.45, 7) is 1.82. The lowest BCUT2D eigenvalue weighted by atomic mass is 9.93. The van der Waals surface area contributed by atoms with Crippen molar-refractivity contribution >= 4 is 74.3 Å². The lowest BCUT2D eigenvalue weighted by molar-refractivity contribution is -0.138. The first kappa shape index (κ1) is 28.3. The van der Waals surface area contributed by atoms with Crippen LogP contribution in [0.25, 0.3) is 11.8 Å². The first-order valence-electron chi connectivity index (χ1n) is 12.2. The standard InChI is InChI=1S/C30H21I2N3O4S/c1-2-38-29(37)24-25(18-9-5-3-6-10-18)34-30-35(26(24)19-11-7-4-8-12-19)28(36)23(40-30)16-20-15-21(31)17-22(32)27(20)39-14-13-33/h3-12,15-17,26H,2,14H2,1H3/b23-16-/t26-/m1/s1. The average Bonchev–Trinajstić information content (AvgIpc) is 3.27. The lowest BCUT2D eigenvalue weighted by Crippen LogP contribution is -2.40. The third kappa shape index (κ3) is 5.63. The Labute approximate surface area is 261 Å². The molecule has 10 heteroatoms. The van der Waals surface area contributed by atoms with Crippen LogP contribution in [0.5, 0.6) is 5.75 Å². The summed E-state index contributed by atoms with van der Waals surface area (Å²) in [7, 11) is 0. The molecule has 0 spiro atoms. The Hall–Kier alpha value is -3.28. The normalized spacial score (nSPS) is 14.8. The second kappa shape index (κ2) is 12.5. The van der Waals surface area contributed by atoms with Crippen molar-refractivity contribution in [2.24, 2.45) is 4.99 Å². The van der Waals surface area contributed by atoms with Gasteiger partial charge in [-0.1, -0.05) is 72.0 Å². The van der Waals surface area contributed by atoms with E-state index in [9.17, 15) is 9.59 Å². The van der Waals surface area contributed by atoms with E-state index in [0.29, 0.717) is 31.9 Å². The van der Waals surface area contributed by atoms with Crippen molar-refractivity contribution in [1.82, 2.24) is 4.57 Å². The summed E-state index contributed by atoms with van der Waals surface area (Å²) in [5, 5.41) is 9.08. The van der Waals surface area contributed by atoms with E-state index in [1.54, 1.807) is 17.6 Å². The minimum Gasteiger partial charge on any atom is -0.477 e. The number of hydrogen-bond donors (Lipinski definition) is 0. The molecule has 5 rings (SSSR count).